The quantitative estimate of drug-likeness (QED) is 0.0934. The molecule has 0 aliphatic rings. The molecule has 0 amide bonds. The normalized spacial score (nSPS) is 12.9. The van der Waals surface area contributed by atoms with Crippen LogP contribution in [0.4, 0.5) is 0 Å². The maximum absolute atomic E-state index is 12.9. The summed E-state index contributed by atoms with van der Waals surface area (Å²) in [6.45, 7) is 14.0. The van der Waals surface area contributed by atoms with Gasteiger partial charge in [-0.25, -0.2) is 4.79 Å². The van der Waals surface area contributed by atoms with Crippen LogP contribution >= 0.6 is 34.8 Å². The van der Waals surface area contributed by atoms with E-state index in [0.29, 0.717) is 11.4 Å². The van der Waals surface area contributed by atoms with E-state index in [1.165, 1.54) is 23.3 Å². The third kappa shape index (κ3) is 10.7. The van der Waals surface area contributed by atoms with E-state index in [4.69, 9.17) is 44.0 Å². The monoisotopic (exact) mass is 647 g/mol. The highest BCUT2D eigenvalue weighted by Gasteiger charge is 2.36. The van der Waals surface area contributed by atoms with Gasteiger partial charge in [0.05, 0.1) is 22.2 Å². The molecule has 0 fully saturated rings. The number of carbonyl (C=O) groups excluding carboxylic acids is 1. The van der Waals surface area contributed by atoms with E-state index in [1.54, 1.807) is 0 Å². The van der Waals surface area contributed by atoms with Gasteiger partial charge in [0.1, 0.15) is 0 Å². The fourth-order valence-electron chi connectivity index (χ4n) is 4.58. The summed E-state index contributed by atoms with van der Waals surface area (Å²) in [5, 5.41) is 0.935. The van der Waals surface area contributed by atoms with Crippen LogP contribution in [0.5, 0.6) is 0 Å². The molecular formula is C34H44Cl3NO3Si. The Morgan fingerprint density at radius 2 is 1.33 bits per heavy atom. The molecule has 4 nitrogen and oxygen atoms in total. The van der Waals surface area contributed by atoms with Gasteiger partial charge in [-0.2, -0.15) is 0 Å². The molecule has 42 heavy (non-hydrogen) atoms. The van der Waals surface area contributed by atoms with E-state index in [2.05, 4.69) is 87.3 Å². The van der Waals surface area contributed by atoms with Crippen molar-refractivity contribution >= 4 is 49.1 Å². The van der Waals surface area contributed by atoms with Crippen LogP contribution in [0.2, 0.25) is 33.2 Å². The van der Waals surface area contributed by atoms with E-state index in [0.717, 1.165) is 39.0 Å². The van der Waals surface area contributed by atoms with Gasteiger partial charge < -0.3 is 9.16 Å². The summed E-state index contributed by atoms with van der Waals surface area (Å²) in [4.78, 5) is 15.4. The predicted octanol–water partition coefficient (Wildman–Crippen LogP) is 10.5. The van der Waals surface area contributed by atoms with Crippen molar-refractivity contribution in [2.45, 2.75) is 83.7 Å². The first-order chi connectivity index (χ1) is 19.9. The standard InChI is InChI=1S/C34H44Cl3NO3Si/c1-34(2,3)42(4,5)41-20-13-12-18-29(19-21-40-33(39)32-30(36)22-28(35)23-31(32)37)38(24-26-14-8-6-9-15-26)25-27-16-10-7-11-17-27/h6-11,14-17,22-23,29H,12-13,18-21,24-25H2,1-5H3/t29-/m1/s1. The van der Waals surface area contributed by atoms with E-state index in [1.807, 2.05) is 12.1 Å². The number of esters is 1. The maximum atomic E-state index is 12.9. The summed E-state index contributed by atoms with van der Waals surface area (Å²) in [6, 6.07) is 24.2. The molecule has 0 bridgehead atoms. The lowest BCUT2D eigenvalue weighted by Gasteiger charge is -2.36. The summed E-state index contributed by atoms with van der Waals surface area (Å²) in [6.07, 6.45) is 3.64. The van der Waals surface area contributed by atoms with Crippen molar-refractivity contribution in [3.05, 3.63) is 105 Å². The maximum Gasteiger partial charge on any atom is 0.341 e. The van der Waals surface area contributed by atoms with Crippen LogP contribution in [0, 0.1) is 0 Å². The number of halogens is 3. The first-order valence-electron chi connectivity index (χ1n) is 14.6. The summed E-state index contributed by atoms with van der Waals surface area (Å²) in [5.41, 5.74) is 2.64. The Morgan fingerprint density at radius 3 is 1.83 bits per heavy atom. The summed E-state index contributed by atoms with van der Waals surface area (Å²) < 4.78 is 12.2. The topological polar surface area (TPSA) is 38.8 Å². The second kappa shape index (κ2) is 16.3. The van der Waals surface area contributed by atoms with Crippen LogP contribution in [0.3, 0.4) is 0 Å². The fourth-order valence-corrected chi connectivity index (χ4v) is 6.64. The zero-order valence-electron chi connectivity index (χ0n) is 25.5. The van der Waals surface area contributed by atoms with Gasteiger partial charge in [0.15, 0.2) is 8.32 Å². The average molecular weight is 649 g/mol. The minimum absolute atomic E-state index is 0.146. The number of unbranched alkanes of at least 4 members (excludes halogenated alkanes) is 1. The molecular weight excluding hydrogens is 605 g/mol. The Hall–Kier alpha value is -1.86. The Bertz CT molecular complexity index is 1200. The Labute approximate surface area is 268 Å². The largest absolute Gasteiger partial charge is 0.462 e. The zero-order valence-corrected chi connectivity index (χ0v) is 28.7. The molecule has 0 spiro atoms. The van der Waals surface area contributed by atoms with Gasteiger partial charge in [0.2, 0.25) is 0 Å². The predicted molar refractivity (Wildman–Crippen MR) is 179 cm³/mol. The van der Waals surface area contributed by atoms with Gasteiger partial charge in [0, 0.05) is 30.8 Å². The molecule has 0 saturated carbocycles. The van der Waals surface area contributed by atoms with Crippen molar-refractivity contribution in [1.29, 1.82) is 0 Å². The fraction of sp³-hybridized carbons (Fsp3) is 0.441. The minimum atomic E-state index is -1.78. The molecule has 0 saturated heterocycles. The minimum Gasteiger partial charge on any atom is -0.462 e. The highest BCUT2D eigenvalue weighted by atomic mass is 35.5. The summed E-state index contributed by atoms with van der Waals surface area (Å²) in [5.74, 6) is -0.541. The number of nitrogens with zero attached hydrogens (tertiary/aromatic N) is 1. The number of carbonyl (C=O) groups is 1. The molecule has 8 heteroatoms. The van der Waals surface area contributed by atoms with Crippen LogP contribution in [0.15, 0.2) is 72.8 Å². The highest BCUT2D eigenvalue weighted by molar-refractivity contribution is 6.74. The van der Waals surface area contributed by atoms with Gasteiger partial charge in [-0.1, -0.05) is 116 Å². The molecule has 0 aliphatic heterocycles. The lowest BCUT2D eigenvalue weighted by atomic mass is 10.0. The van der Waals surface area contributed by atoms with E-state index in [-0.39, 0.29) is 33.3 Å². The van der Waals surface area contributed by atoms with E-state index < -0.39 is 14.3 Å². The van der Waals surface area contributed by atoms with Crippen molar-refractivity contribution in [2.75, 3.05) is 13.2 Å². The SMILES string of the molecule is CC(C)(C)[Si](C)(C)OCCCC[C@H](CCOC(=O)c1c(Cl)cc(Cl)cc1Cl)N(Cc1ccccc1)Cc1ccccc1. The van der Waals surface area contributed by atoms with Crippen LogP contribution < -0.4 is 0 Å². The molecule has 0 aromatic heterocycles. The Morgan fingerprint density at radius 1 is 0.810 bits per heavy atom. The van der Waals surface area contributed by atoms with Crippen LogP contribution in [-0.4, -0.2) is 38.4 Å². The molecule has 0 heterocycles. The Balaban J connectivity index is 1.73. The summed E-state index contributed by atoms with van der Waals surface area (Å²) >= 11 is 18.6. The molecule has 3 aromatic carbocycles. The lowest BCUT2D eigenvalue weighted by molar-refractivity contribution is 0.0441. The van der Waals surface area contributed by atoms with Gasteiger partial charge in [-0.05, 0) is 67.1 Å². The van der Waals surface area contributed by atoms with Gasteiger partial charge >= 0.3 is 5.97 Å². The molecule has 0 N–H and O–H groups in total. The second-order valence-corrected chi connectivity index (χ2v) is 18.4. The lowest BCUT2D eigenvalue weighted by Crippen LogP contribution is -2.41. The Kier molecular flexibility index (Phi) is 13.4. The van der Waals surface area contributed by atoms with Crippen LogP contribution in [-0.2, 0) is 22.3 Å². The number of hydrogen-bond acceptors (Lipinski definition) is 4. The molecule has 3 rings (SSSR count). The first-order valence-corrected chi connectivity index (χ1v) is 18.7. The molecule has 3 aromatic rings. The number of rotatable bonds is 15. The second-order valence-electron chi connectivity index (χ2n) is 12.3. The average Bonchev–Trinajstić information content (AvgIpc) is 2.91. The molecule has 0 unspecified atom stereocenters. The number of hydrogen-bond donors (Lipinski definition) is 0. The van der Waals surface area contributed by atoms with Crippen molar-refractivity contribution < 1.29 is 14.0 Å². The molecule has 228 valence electrons. The first kappa shape index (κ1) is 34.6. The zero-order chi connectivity index (χ0) is 30.8. The summed E-state index contributed by atoms with van der Waals surface area (Å²) in [7, 11) is -1.78. The van der Waals surface area contributed by atoms with Crippen molar-refractivity contribution in [2.24, 2.45) is 0 Å². The third-order valence-electron chi connectivity index (χ3n) is 8.07. The van der Waals surface area contributed by atoms with Crippen LogP contribution in [0.25, 0.3) is 0 Å². The smallest absolute Gasteiger partial charge is 0.341 e. The van der Waals surface area contributed by atoms with Gasteiger partial charge in [-0.3, -0.25) is 4.90 Å². The van der Waals surface area contributed by atoms with Crippen molar-refractivity contribution in [3.8, 4) is 0 Å². The van der Waals surface area contributed by atoms with Gasteiger partial charge in [0.25, 0.3) is 0 Å². The number of benzene rings is 3. The van der Waals surface area contributed by atoms with Crippen molar-refractivity contribution in [1.82, 2.24) is 4.90 Å². The van der Waals surface area contributed by atoms with Crippen molar-refractivity contribution in [3.63, 3.8) is 0 Å². The third-order valence-corrected chi connectivity index (χ3v) is 13.4. The molecule has 0 aliphatic carbocycles. The molecule has 1 atom stereocenters. The highest BCUT2D eigenvalue weighted by Crippen LogP contribution is 2.36. The number of ether oxygens (including phenoxy) is 1. The van der Waals surface area contributed by atoms with Crippen LogP contribution in [0.1, 0.15) is 67.9 Å². The van der Waals surface area contributed by atoms with E-state index >= 15 is 0 Å². The van der Waals surface area contributed by atoms with E-state index in [9.17, 15) is 4.79 Å². The van der Waals surface area contributed by atoms with Gasteiger partial charge in [-0.15, -0.1) is 0 Å². The molecule has 0 radical (unpaired) electrons.